The lowest BCUT2D eigenvalue weighted by Crippen LogP contribution is -2.50. The van der Waals surface area contributed by atoms with Crippen molar-refractivity contribution in [1.82, 2.24) is 10.3 Å². The summed E-state index contributed by atoms with van der Waals surface area (Å²) in [6.07, 6.45) is 1.61. The monoisotopic (exact) mass is 422 g/mol. The minimum atomic E-state index is -0.505. The average molecular weight is 423 g/mol. The van der Waals surface area contributed by atoms with Crippen LogP contribution in [0.3, 0.4) is 0 Å². The number of ether oxygens (including phenoxy) is 1. The lowest BCUT2D eigenvalue weighted by atomic mass is 10.1. The Balaban J connectivity index is 1.78. The largest absolute Gasteiger partial charge is 0.465 e. The number of carbonyl (C=O) groups is 2. The molecule has 7 nitrogen and oxygen atoms in total. The molecule has 2 aliphatic rings. The fraction of sp³-hybridized carbons (Fsp3) is 0.273. The maximum Gasteiger partial charge on any atom is 0.337 e. The van der Waals surface area contributed by atoms with E-state index in [2.05, 4.69) is 12.2 Å². The zero-order valence-electron chi connectivity index (χ0n) is 16.8. The first-order valence-electron chi connectivity index (χ1n) is 9.80. The van der Waals surface area contributed by atoms with Gasteiger partial charge in [-0.05, 0) is 30.2 Å². The van der Waals surface area contributed by atoms with E-state index in [9.17, 15) is 9.59 Å². The Morgan fingerprint density at radius 2 is 1.97 bits per heavy atom. The van der Waals surface area contributed by atoms with Crippen molar-refractivity contribution in [1.29, 1.82) is 0 Å². The van der Waals surface area contributed by atoms with Gasteiger partial charge in [-0.1, -0.05) is 55.4 Å². The highest BCUT2D eigenvalue weighted by atomic mass is 32.2. The summed E-state index contributed by atoms with van der Waals surface area (Å²) in [5.41, 5.74) is 1.76. The van der Waals surface area contributed by atoms with Crippen molar-refractivity contribution >= 4 is 34.5 Å². The van der Waals surface area contributed by atoms with Crippen LogP contribution in [0.1, 0.15) is 41.9 Å². The quantitative estimate of drug-likeness (QED) is 0.590. The number of amides is 1. The third kappa shape index (κ3) is 3.82. The molecule has 0 aromatic heterocycles. The molecule has 2 aromatic rings. The van der Waals surface area contributed by atoms with Crippen molar-refractivity contribution in [2.45, 2.75) is 25.9 Å². The van der Waals surface area contributed by atoms with Crippen molar-refractivity contribution in [3.8, 4) is 0 Å². The molecule has 0 spiro atoms. The van der Waals surface area contributed by atoms with Crippen LogP contribution in [0.15, 0.2) is 58.6 Å². The number of fused-ring (bicyclic) bond motifs is 2. The van der Waals surface area contributed by atoms with Gasteiger partial charge in [-0.3, -0.25) is 15.1 Å². The van der Waals surface area contributed by atoms with E-state index in [0.717, 1.165) is 34.7 Å². The van der Waals surface area contributed by atoms with Crippen LogP contribution < -0.4 is 15.9 Å². The molecule has 154 valence electrons. The zero-order valence-corrected chi connectivity index (χ0v) is 17.6. The molecule has 0 fully saturated rings. The Morgan fingerprint density at radius 3 is 2.70 bits per heavy atom. The first-order chi connectivity index (χ1) is 14.6. The summed E-state index contributed by atoms with van der Waals surface area (Å²) in [4.78, 5) is 29.6. The molecule has 0 saturated heterocycles. The van der Waals surface area contributed by atoms with Gasteiger partial charge in [0.1, 0.15) is 5.70 Å². The highest BCUT2D eigenvalue weighted by Crippen LogP contribution is 2.31. The van der Waals surface area contributed by atoms with Gasteiger partial charge in [-0.2, -0.15) is 0 Å². The van der Waals surface area contributed by atoms with E-state index in [1.54, 1.807) is 17.1 Å². The number of esters is 1. The number of thioether (sulfide) groups is 1. The second-order valence-electron chi connectivity index (χ2n) is 6.89. The van der Waals surface area contributed by atoms with Gasteiger partial charge in [0.25, 0.3) is 5.91 Å². The molecular weight excluding hydrogens is 400 g/mol. The zero-order chi connectivity index (χ0) is 21.1. The first kappa shape index (κ1) is 20.2. The van der Waals surface area contributed by atoms with Gasteiger partial charge in [0.15, 0.2) is 11.3 Å². The standard InChI is InChI=1S/C22H22N4O3S/c1-3-4-13-30-22-24-20(27)18-16-7-5-6-8-17(16)23-19(26(18)25-22)14-9-11-15(12-10-14)21(28)29-2/h5-12,19H,3-4,13H2,1-2H3,(H,24,25,27)/t19-/m0/s1. The lowest BCUT2D eigenvalue weighted by Gasteiger charge is -2.34. The molecule has 0 saturated carbocycles. The fourth-order valence-electron chi connectivity index (χ4n) is 3.33. The normalized spacial score (nSPS) is 17.3. The third-order valence-electron chi connectivity index (χ3n) is 4.88. The summed E-state index contributed by atoms with van der Waals surface area (Å²) in [6, 6.07) is 14.6. The van der Waals surface area contributed by atoms with Crippen LogP contribution >= 0.6 is 11.8 Å². The van der Waals surface area contributed by atoms with Crippen LogP contribution in [-0.2, 0) is 9.53 Å². The molecule has 2 heterocycles. The van der Waals surface area contributed by atoms with Crippen molar-refractivity contribution in [2.24, 2.45) is 10.1 Å². The predicted molar refractivity (Wildman–Crippen MR) is 116 cm³/mol. The molecule has 8 heteroatoms. The number of nitrogens with one attached hydrogen (secondary N) is 1. The second-order valence-corrected chi connectivity index (χ2v) is 7.97. The Bertz CT molecular complexity index is 1130. The van der Waals surface area contributed by atoms with Crippen molar-refractivity contribution in [3.05, 3.63) is 70.2 Å². The molecule has 0 bridgehead atoms. The van der Waals surface area contributed by atoms with E-state index in [1.165, 1.54) is 18.9 Å². The highest BCUT2D eigenvalue weighted by molar-refractivity contribution is 8.13. The molecule has 1 amide bonds. The molecular formula is C22H22N4O3S. The summed E-state index contributed by atoms with van der Waals surface area (Å²) in [6.45, 7) is 2.13. The number of benzene rings is 2. The molecule has 0 aliphatic carbocycles. The fourth-order valence-corrected chi connectivity index (χ4v) is 4.27. The third-order valence-corrected chi connectivity index (χ3v) is 5.83. The van der Waals surface area contributed by atoms with Gasteiger partial charge in [0.2, 0.25) is 0 Å². The highest BCUT2D eigenvalue weighted by Gasteiger charge is 2.34. The maximum atomic E-state index is 13.0. The molecule has 0 radical (unpaired) electrons. The molecule has 2 aliphatic heterocycles. The summed E-state index contributed by atoms with van der Waals surface area (Å²) in [7, 11) is 1.35. The Kier molecular flexibility index (Phi) is 5.85. The lowest BCUT2D eigenvalue weighted by molar-refractivity contribution is -0.116. The summed E-state index contributed by atoms with van der Waals surface area (Å²) < 4.78 is 4.77. The Labute approximate surface area is 178 Å². The Hall–Kier alpha value is -3.13. The van der Waals surface area contributed by atoms with E-state index >= 15 is 0 Å². The summed E-state index contributed by atoms with van der Waals surface area (Å²) in [5.74, 6) is 0.289. The molecule has 1 N–H and O–H groups in total. The van der Waals surface area contributed by atoms with E-state index in [1.807, 2.05) is 36.4 Å². The number of para-hydroxylation sites is 1. The predicted octanol–water partition coefficient (Wildman–Crippen LogP) is 2.15. The minimum absolute atomic E-state index is 0.192. The second kappa shape index (κ2) is 8.71. The van der Waals surface area contributed by atoms with Crippen LogP contribution in [0, 0.1) is 0 Å². The minimum Gasteiger partial charge on any atom is -0.465 e. The number of hydrogen-bond donors (Lipinski definition) is 1. The summed E-state index contributed by atoms with van der Waals surface area (Å²) >= 11 is 1.53. The van der Waals surface area contributed by atoms with E-state index in [4.69, 9.17) is 14.8 Å². The molecule has 4 rings (SSSR count). The van der Waals surface area contributed by atoms with Crippen LogP contribution in [0.4, 0.5) is 0 Å². The first-order valence-corrected chi connectivity index (χ1v) is 10.8. The number of rotatable bonds is 5. The maximum absolute atomic E-state index is 13.0. The number of carbonyl (C=O) groups excluding carboxylic acids is 2. The van der Waals surface area contributed by atoms with Crippen LogP contribution in [0.2, 0.25) is 0 Å². The average Bonchev–Trinajstić information content (AvgIpc) is 2.78. The van der Waals surface area contributed by atoms with Crippen LogP contribution in [0.25, 0.3) is 5.70 Å². The van der Waals surface area contributed by atoms with Gasteiger partial charge in [0.05, 0.1) is 18.0 Å². The number of hydrazone groups is 1. The Morgan fingerprint density at radius 1 is 1.20 bits per heavy atom. The number of hydrogen-bond acceptors (Lipinski definition) is 7. The molecule has 0 unspecified atom stereocenters. The van der Waals surface area contributed by atoms with E-state index in [-0.39, 0.29) is 5.91 Å². The van der Waals surface area contributed by atoms with Crippen molar-refractivity contribution in [2.75, 3.05) is 12.9 Å². The smallest absolute Gasteiger partial charge is 0.337 e. The van der Waals surface area contributed by atoms with Gasteiger partial charge >= 0.3 is 5.97 Å². The molecule has 2 aromatic carbocycles. The van der Waals surface area contributed by atoms with E-state index in [0.29, 0.717) is 16.4 Å². The van der Waals surface area contributed by atoms with E-state index < -0.39 is 12.1 Å². The topological polar surface area (TPSA) is 83.4 Å². The van der Waals surface area contributed by atoms with Crippen LogP contribution in [-0.4, -0.2) is 34.9 Å². The number of amidine groups is 1. The van der Waals surface area contributed by atoms with Crippen LogP contribution in [0.5, 0.6) is 0 Å². The van der Waals surface area contributed by atoms with Gasteiger partial charge in [-0.25, -0.2) is 9.80 Å². The molecule has 1 atom stereocenters. The van der Waals surface area contributed by atoms with Gasteiger partial charge in [-0.15, -0.1) is 5.10 Å². The summed E-state index contributed by atoms with van der Waals surface area (Å²) in [5, 5.41) is 11.4. The molecule has 30 heavy (non-hydrogen) atoms. The van der Waals surface area contributed by atoms with Gasteiger partial charge < -0.3 is 4.74 Å². The number of nitrogens with zero attached hydrogens (tertiary/aromatic N) is 3. The van der Waals surface area contributed by atoms with Crippen molar-refractivity contribution in [3.63, 3.8) is 0 Å². The van der Waals surface area contributed by atoms with Gasteiger partial charge in [0, 0.05) is 11.0 Å². The SMILES string of the molecule is CCCCSC1=NN2C(=c3ccccc3=N[C@@H]2c2ccc(C(=O)OC)cc2)C(=O)N1. The van der Waals surface area contributed by atoms with Crippen molar-refractivity contribution < 1.29 is 14.3 Å². The number of unbranched alkanes of at least 4 members (excludes halogenated alkanes) is 1. The number of methoxy groups -OCH3 is 1.